The summed E-state index contributed by atoms with van der Waals surface area (Å²) in [5.41, 5.74) is 5.73. The van der Waals surface area contributed by atoms with E-state index < -0.39 is 0 Å². The molecule has 92 valence electrons. The van der Waals surface area contributed by atoms with Crippen LogP contribution < -0.4 is 15.8 Å². The van der Waals surface area contributed by atoms with Gasteiger partial charge < -0.3 is 20.5 Å². The number of hydrogen-bond donors (Lipinski definition) is 2. The van der Waals surface area contributed by atoms with Crippen molar-refractivity contribution in [3.8, 4) is 5.75 Å². The van der Waals surface area contributed by atoms with Crippen LogP contribution in [0.3, 0.4) is 0 Å². The van der Waals surface area contributed by atoms with Crippen molar-refractivity contribution < 1.29 is 9.47 Å². The lowest BCUT2D eigenvalue weighted by molar-refractivity contribution is 0.102. The van der Waals surface area contributed by atoms with E-state index in [0.29, 0.717) is 35.6 Å². The van der Waals surface area contributed by atoms with Crippen molar-refractivity contribution in [1.29, 1.82) is 0 Å². The van der Waals surface area contributed by atoms with Gasteiger partial charge in [-0.2, -0.15) is 0 Å². The van der Waals surface area contributed by atoms with Crippen LogP contribution in [0.2, 0.25) is 0 Å². The molecule has 2 bridgehead atoms. The van der Waals surface area contributed by atoms with E-state index in [4.69, 9.17) is 15.2 Å². The summed E-state index contributed by atoms with van der Waals surface area (Å²) in [6.07, 6.45) is 5.45. The lowest BCUT2D eigenvalue weighted by atomic mass is 9.95. The van der Waals surface area contributed by atoms with Crippen molar-refractivity contribution in [3.05, 3.63) is 6.33 Å². The monoisotopic (exact) mass is 236 g/mol. The number of aromatic nitrogens is 2. The summed E-state index contributed by atoms with van der Waals surface area (Å²) < 4.78 is 11.0. The van der Waals surface area contributed by atoms with Gasteiger partial charge in [0.2, 0.25) is 5.75 Å². The van der Waals surface area contributed by atoms with Gasteiger partial charge in [-0.3, -0.25) is 0 Å². The lowest BCUT2D eigenvalue weighted by Gasteiger charge is -2.21. The van der Waals surface area contributed by atoms with Crippen LogP contribution in [0.15, 0.2) is 6.33 Å². The summed E-state index contributed by atoms with van der Waals surface area (Å²) in [5, 5.41) is 3.35. The molecule has 0 amide bonds. The second-order valence-electron chi connectivity index (χ2n) is 4.50. The third-order valence-corrected chi connectivity index (χ3v) is 3.46. The molecule has 0 radical (unpaired) electrons. The summed E-state index contributed by atoms with van der Waals surface area (Å²) >= 11 is 0. The van der Waals surface area contributed by atoms with Crippen molar-refractivity contribution >= 4 is 11.6 Å². The third kappa shape index (κ3) is 1.78. The molecule has 2 fully saturated rings. The molecule has 3 atom stereocenters. The van der Waals surface area contributed by atoms with Crippen molar-refractivity contribution in [2.24, 2.45) is 0 Å². The van der Waals surface area contributed by atoms with Crippen LogP contribution in [-0.2, 0) is 4.74 Å². The standard InChI is InChI=1S/C11H16N4O2/c1-16-9-10(12)13-5-14-11(9)15-7-4-6-2-3-8(7)17-6/h5-8H,2-4H2,1H3,(H3,12,13,14,15). The quantitative estimate of drug-likeness (QED) is 0.807. The Bertz CT molecular complexity index is 426. The van der Waals surface area contributed by atoms with Gasteiger partial charge in [0.25, 0.3) is 0 Å². The number of nitrogen functional groups attached to an aromatic ring is 1. The molecule has 2 aliphatic heterocycles. The number of nitrogens with one attached hydrogen (secondary N) is 1. The fraction of sp³-hybridized carbons (Fsp3) is 0.636. The Balaban J connectivity index is 1.79. The number of nitrogens with zero attached hydrogens (tertiary/aromatic N) is 2. The molecule has 3 rings (SSSR count). The van der Waals surface area contributed by atoms with Gasteiger partial charge in [0.05, 0.1) is 25.4 Å². The fourth-order valence-electron chi connectivity index (χ4n) is 2.66. The average Bonchev–Trinajstić information content (AvgIpc) is 2.91. The van der Waals surface area contributed by atoms with Gasteiger partial charge in [-0.15, -0.1) is 0 Å². The third-order valence-electron chi connectivity index (χ3n) is 3.46. The minimum atomic E-state index is 0.292. The number of methoxy groups -OCH3 is 1. The summed E-state index contributed by atoms with van der Waals surface area (Å²) in [5.74, 6) is 1.52. The van der Waals surface area contributed by atoms with Crippen LogP contribution in [0, 0.1) is 0 Å². The second kappa shape index (κ2) is 4.03. The van der Waals surface area contributed by atoms with Gasteiger partial charge in [0, 0.05) is 0 Å². The van der Waals surface area contributed by atoms with E-state index in [1.807, 2.05) is 0 Å². The molecule has 0 aromatic carbocycles. The fourth-order valence-corrected chi connectivity index (χ4v) is 2.66. The van der Waals surface area contributed by atoms with Crippen molar-refractivity contribution in [2.75, 3.05) is 18.2 Å². The maximum Gasteiger partial charge on any atom is 0.203 e. The largest absolute Gasteiger partial charge is 0.490 e. The summed E-state index contributed by atoms with van der Waals surface area (Å²) in [6.45, 7) is 0. The van der Waals surface area contributed by atoms with Crippen LogP contribution in [0.5, 0.6) is 5.75 Å². The molecule has 2 aliphatic rings. The van der Waals surface area contributed by atoms with E-state index in [0.717, 1.165) is 12.8 Å². The number of anilines is 2. The van der Waals surface area contributed by atoms with Crippen LogP contribution in [-0.4, -0.2) is 35.3 Å². The number of rotatable bonds is 3. The molecule has 6 heteroatoms. The zero-order valence-electron chi connectivity index (χ0n) is 9.72. The van der Waals surface area contributed by atoms with Crippen molar-refractivity contribution in [2.45, 2.75) is 37.5 Å². The highest BCUT2D eigenvalue weighted by Gasteiger charge is 2.41. The number of hydrogen-bond acceptors (Lipinski definition) is 6. The number of ether oxygens (including phenoxy) is 2. The van der Waals surface area contributed by atoms with Gasteiger partial charge in [0.1, 0.15) is 6.33 Å². The molecule has 1 aromatic rings. The molecular formula is C11H16N4O2. The Kier molecular flexibility index (Phi) is 2.51. The normalized spacial score (nSPS) is 30.5. The van der Waals surface area contributed by atoms with Crippen molar-refractivity contribution in [3.63, 3.8) is 0 Å². The number of nitrogens with two attached hydrogens (primary N) is 1. The first-order valence-corrected chi connectivity index (χ1v) is 5.84. The van der Waals surface area contributed by atoms with E-state index in [1.165, 1.54) is 12.7 Å². The smallest absolute Gasteiger partial charge is 0.203 e. The highest BCUT2D eigenvalue weighted by molar-refractivity contribution is 5.61. The predicted octanol–water partition coefficient (Wildman–Crippen LogP) is 0.799. The highest BCUT2D eigenvalue weighted by atomic mass is 16.5. The Morgan fingerprint density at radius 1 is 1.47 bits per heavy atom. The van der Waals surface area contributed by atoms with Gasteiger partial charge in [0.15, 0.2) is 11.6 Å². The first-order valence-electron chi connectivity index (χ1n) is 5.84. The van der Waals surface area contributed by atoms with Crippen LogP contribution in [0.4, 0.5) is 11.6 Å². The zero-order valence-corrected chi connectivity index (χ0v) is 9.72. The van der Waals surface area contributed by atoms with E-state index in [9.17, 15) is 0 Å². The Hall–Kier alpha value is -1.56. The molecule has 3 heterocycles. The number of fused-ring (bicyclic) bond motifs is 2. The van der Waals surface area contributed by atoms with E-state index in [2.05, 4.69) is 15.3 Å². The molecule has 0 saturated carbocycles. The summed E-state index contributed by atoms with van der Waals surface area (Å²) in [6, 6.07) is 0.303. The van der Waals surface area contributed by atoms with Crippen LogP contribution >= 0.6 is 0 Å². The Morgan fingerprint density at radius 2 is 2.35 bits per heavy atom. The molecule has 17 heavy (non-hydrogen) atoms. The topological polar surface area (TPSA) is 82.3 Å². The van der Waals surface area contributed by atoms with E-state index in [-0.39, 0.29) is 0 Å². The Morgan fingerprint density at radius 3 is 3.00 bits per heavy atom. The van der Waals surface area contributed by atoms with Gasteiger partial charge in [-0.1, -0.05) is 0 Å². The first kappa shape index (κ1) is 10.6. The molecule has 6 nitrogen and oxygen atoms in total. The summed E-state index contributed by atoms with van der Waals surface area (Å²) in [7, 11) is 1.57. The minimum absolute atomic E-state index is 0.292. The molecule has 0 aliphatic carbocycles. The van der Waals surface area contributed by atoms with Crippen LogP contribution in [0.25, 0.3) is 0 Å². The first-order chi connectivity index (χ1) is 8.28. The lowest BCUT2D eigenvalue weighted by Crippen LogP contribution is -2.31. The zero-order chi connectivity index (χ0) is 11.8. The highest BCUT2D eigenvalue weighted by Crippen LogP contribution is 2.37. The van der Waals surface area contributed by atoms with E-state index in [1.54, 1.807) is 7.11 Å². The van der Waals surface area contributed by atoms with Gasteiger partial charge in [-0.05, 0) is 19.3 Å². The molecule has 3 N–H and O–H groups in total. The summed E-state index contributed by atoms with van der Waals surface area (Å²) in [4.78, 5) is 8.08. The van der Waals surface area contributed by atoms with Gasteiger partial charge >= 0.3 is 0 Å². The molecule has 1 aromatic heterocycles. The SMILES string of the molecule is COc1c(N)ncnc1NC1CC2CCC1O2. The van der Waals surface area contributed by atoms with Crippen LogP contribution in [0.1, 0.15) is 19.3 Å². The maximum absolute atomic E-state index is 5.78. The Labute approximate surface area is 99.5 Å². The molecule has 3 unspecified atom stereocenters. The molecule has 2 saturated heterocycles. The van der Waals surface area contributed by atoms with E-state index >= 15 is 0 Å². The maximum atomic E-state index is 5.78. The predicted molar refractivity (Wildman–Crippen MR) is 62.9 cm³/mol. The van der Waals surface area contributed by atoms with Crippen molar-refractivity contribution in [1.82, 2.24) is 9.97 Å². The van der Waals surface area contributed by atoms with Gasteiger partial charge in [-0.25, -0.2) is 9.97 Å². The minimum Gasteiger partial charge on any atom is -0.490 e. The second-order valence-corrected chi connectivity index (χ2v) is 4.50. The average molecular weight is 236 g/mol. The molecular weight excluding hydrogens is 220 g/mol. The molecule has 0 spiro atoms.